The Morgan fingerprint density at radius 1 is 1.03 bits per heavy atom. The van der Waals surface area contributed by atoms with Crippen LogP contribution in [0.5, 0.6) is 17.2 Å². The van der Waals surface area contributed by atoms with Crippen molar-refractivity contribution >= 4 is 23.7 Å². The van der Waals surface area contributed by atoms with Crippen LogP contribution >= 0.6 is 11.6 Å². The van der Waals surface area contributed by atoms with Crippen molar-refractivity contribution < 1.29 is 19.0 Å². The van der Waals surface area contributed by atoms with Crippen LogP contribution in [0, 0.1) is 0 Å². The monoisotopic (exact) mass is 452 g/mol. The van der Waals surface area contributed by atoms with Crippen LogP contribution < -0.4 is 19.6 Å². The highest BCUT2D eigenvalue weighted by molar-refractivity contribution is 6.31. The first-order valence-electron chi connectivity index (χ1n) is 10.2. The summed E-state index contributed by atoms with van der Waals surface area (Å²) < 4.78 is 16.8. The number of rotatable bonds is 10. The highest BCUT2D eigenvalue weighted by Crippen LogP contribution is 2.29. The predicted molar refractivity (Wildman–Crippen MR) is 126 cm³/mol. The number of ether oxygens (including phenoxy) is 3. The molecule has 3 aromatic rings. The highest BCUT2D eigenvalue weighted by atomic mass is 35.5. The van der Waals surface area contributed by atoms with Crippen LogP contribution in [0.2, 0.25) is 5.02 Å². The summed E-state index contributed by atoms with van der Waals surface area (Å²) in [5.41, 5.74) is 5.01. The third kappa shape index (κ3) is 6.75. The molecule has 0 aliphatic heterocycles. The maximum absolute atomic E-state index is 12.2. The van der Waals surface area contributed by atoms with Crippen LogP contribution in [0.4, 0.5) is 0 Å². The van der Waals surface area contributed by atoms with Gasteiger partial charge < -0.3 is 14.2 Å². The molecule has 0 aliphatic carbocycles. The summed E-state index contributed by atoms with van der Waals surface area (Å²) in [6.07, 6.45) is 1.64. The molecule has 0 atom stereocenters. The van der Waals surface area contributed by atoms with Gasteiger partial charge in [-0.05, 0) is 60.0 Å². The molecule has 3 rings (SSSR count). The van der Waals surface area contributed by atoms with Crippen molar-refractivity contribution in [3.8, 4) is 17.2 Å². The summed E-state index contributed by atoms with van der Waals surface area (Å²) in [5.74, 6) is 1.61. The molecule has 32 heavy (non-hydrogen) atoms. The first kappa shape index (κ1) is 23.2. The summed E-state index contributed by atoms with van der Waals surface area (Å²) >= 11 is 6.15. The predicted octanol–water partition coefficient (Wildman–Crippen LogP) is 5.02. The number of carbonyl (C=O) groups excluding carboxylic acids is 1. The molecular weight excluding hydrogens is 428 g/mol. The van der Waals surface area contributed by atoms with Gasteiger partial charge >= 0.3 is 0 Å². The number of methoxy groups -OCH3 is 1. The van der Waals surface area contributed by atoms with E-state index in [2.05, 4.69) is 10.5 Å². The van der Waals surface area contributed by atoms with Gasteiger partial charge in [0.2, 0.25) is 5.91 Å². The Labute approximate surface area is 192 Å². The molecule has 0 saturated carbocycles. The second-order valence-corrected chi connectivity index (χ2v) is 7.25. The molecule has 0 aromatic heterocycles. The van der Waals surface area contributed by atoms with E-state index >= 15 is 0 Å². The molecule has 0 radical (unpaired) electrons. The Bertz CT molecular complexity index is 1070. The summed E-state index contributed by atoms with van der Waals surface area (Å²) in [7, 11) is 1.56. The lowest BCUT2D eigenvalue weighted by Gasteiger charge is -2.12. The summed E-state index contributed by atoms with van der Waals surface area (Å²) in [6, 6.07) is 20.6. The second-order valence-electron chi connectivity index (χ2n) is 6.84. The first-order chi connectivity index (χ1) is 15.6. The average Bonchev–Trinajstić information content (AvgIpc) is 2.81. The molecule has 0 heterocycles. The fourth-order valence-corrected chi connectivity index (χ4v) is 3.12. The van der Waals surface area contributed by atoms with Crippen molar-refractivity contribution in [2.45, 2.75) is 20.0 Å². The maximum Gasteiger partial charge on any atom is 0.244 e. The van der Waals surface area contributed by atoms with E-state index in [4.69, 9.17) is 25.8 Å². The average molecular weight is 453 g/mol. The lowest BCUT2D eigenvalue weighted by molar-refractivity contribution is -0.120. The molecule has 0 saturated heterocycles. The van der Waals surface area contributed by atoms with E-state index in [1.54, 1.807) is 31.5 Å². The fourth-order valence-electron chi connectivity index (χ4n) is 2.93. The second kappa shape index (κ2) is 11.8. The number of hydrazone groups is 1. The van der Waals surface area contributed by atoms with Crippen molar-refractivity contribution in [3.63, 3.8) is 0 Å². The Morgan fingerprint density at radius 3 is 2.59 bits per heavy atom. The summed E-state index contributed by atoms with van der Waals surface area (Å²) in [5, 5.41) is 4.54. The number of nitrogens with zero attached hydrogens (tertiary/aromatic N) is 1. The van der Waals surface area contributed by atoms with E-state index in [0.29, 0.717) is 41.0 Å². The third-order valence-electron chi connectivity index (χ3n) is 4.51. The number of nitrogens with one attached hydrogen (secondary N) is 1. The Kier molecular flexibility index (Phi) is 8.52. The quantitative estimate of drug-likeness (QED) is 0.346. The smallest absolute Gasteiger partial charge is 0.244 e. The maximum atomic E-state index is 12.2. The molecule has 0 bridgehead atoms. The summed E-state index contributed by atoms with van der Waals surface area (Å²) in [6.45, 7) is 2.85. The van der Waals surface area contributed by atoms with Gasteiger partial charge in [0, 0.05) is 5.02 Å². The minimum absolute atomic E-state index is 0.0871. The number of amides is 1. The van der Waals surface area contributed by atoms with Crippen LogP contribution in [0.25, 0.3) is 0 Å². The standard InChI is InChI=1S/C25H25ClN2O4/c1-3-31-24-13-19(9-12-23(24)32-17-18-7-5-4-6-8-18)16-27-28-25(29)15-20-14-21(30-2)10-11-22(20)26/h4-14,16H,3,15,17H2,1-2H3,(H,28,29)/b27-16+. The van der Waals surface area contributed by atoms with Crippen LogP contribution in [0.3, 0.4) is 0 Å². The topological polar surface area (TPSA) is 69.2 Å². The van der Waals surface area contributed by atoms with Crippen molar-refractivity contribution in [1.82, 2.24) is 5.43 Å². The Balaban J connectivity index is 1.61. The van der Waals surface area contributed by atoms with Gasteiger partial charge in [-0.15, -0.1) is 0 Å². The lowest BCUT2D eigenvalue weighted by atomic mass is 10.1. The molecule has 6 nitrogen and oxygen atoms in total. The van der Waals surface area contributed by atoms with Crippen molar-refractivity contribution in [3.05, 3.63) is 88.4 Å². The zero-order valence-electron chi connectivity index (χ0n) is 18.0. The lowest BCUT2D eigenvalue weighted by Crippen LogP contribution is -2.20. The molecule has 0 aliphatic rings. The van der Waals surface area contributed by atoms with Gasteiger partial charge in [-0.3, -0.25) is 4.79 Å². The molecule has 0 fully saturated rings. The molecule has 7 heteroatoms. The van der Waals surface area contributed by atoms with Crippen molar-refractivity contribution in [2.24, 2.45) is 5.10 Å². The molecule has 0 spiro atoms. The Hall–Kier alpha value is -3.51. The molecule has 166 valence electrons. The minimum atomic E-state index is -0.288. The molecule has 1 amide bonds. The van der Waals surface area contributed by atoms with Gasteiger partial charge in [0.05, 0.1) is 26.4 Å². The van der Waals surface area contributed by atoms with E-state index in [9.17, 15) is 4.79 Å². The third-order valence-corrected chi connectivity index (χ3v) is 4.88. The van der Waals surface area contributed by atoms with E-state index < -0.39 is 0 Å². The first-order valence-corrected chi connectivity index (χ1v) is 10.5. The van der Waals surface area contributed by atoms with Crippen LogP contribution in [0.15, 0.2) is 71.8 Å². The number of carbonyl (C=O) groups is 1. The van der Waals surface area contributed by atoms with E-state index in [-0.39, 0.29) is 12.3 Å². The molecule has 0 unspecified atom stereocenters. The van der Waals surface area contributed by atoms with Crippen molar-refractivity contribution in [1.29, 1.82) is 0 Å². The van der Waals surface area contributed by atoms with Gasteiger partial charge in [0.1, 0.15) is 12.4 Å². The molecule has 3 aromatic carbocycles. The van der Waals surface area contributed by atoms with E-state index in [0.717, 1.165) is 11.1 Å². The minimum Gasteiger partial charge on any atom is -0.497 e. The van der Waals surface area contributed by atoms with E-state index in [1.165, 1.54) is 0 Å². The fraction of sp³-hybridized carbons (Fsp3) is 0.200. The number of benzene rings is 3. The number of halogens is 1. The normalized spacial score (nSPS) is 10.7. The number of hydrogen-bond donors (Lipinski definition) is 1. The van der Waals surface area contributed by atoms with Crippen LogP contribution in [-0.2, 0) is 17.8 Å². The summed E-state index contributed by atoms with van der Waals surface area (Å²) in [4.78, 5) is 12.2. The van der Waals surface area contributed by atoms with Gasteiger partial charge in [-0.1, -0.05) is 41.9 Å². The van der Waals surface area contributed by atoms with Gasteiger partial charge in [0.15, 0.2) is 11.5 Å². The van der Waals surface area contributed by atoms with Crippen molar-refractivity contribution in [2.75, 3.05) is 13.7 Å². The Morgan fingerprint density at radius 2 is 1.84 bits per heavy atom. The van der Waals surface area contributed by atoms with Crippen LogP contribution in [0.1, 0.15) is 23.6 Å². The van der Waals surface area contributed by atoms with Crippen LogP contribution in [-0.4, -0.2) is 25.8 Å². The SMILES string of the molecule is CCOc1cc(/C=N/NC(=O)Cc2cc(OC)ccc2Cl)ccc1OCc1ccccc1. The molecular formula is C25H25ClN2O4. The van der Waals surface area contributed by atoms with E-state index in [1.807, 2.05) is 55.5 Å². The van der Waals surface area contributed by atoms with Gasteiger partial charge in [-0.25, -0.2) is 5.43 Å². The number of hydrogen-bond acceptors (Lipinski definition) is 5. The zero-order valence-corrected chi connectivity index (χ0v) is 18.8. The van der Waals surface area contributed by atoms with Gasteiger partial charge in [-0.2, -0.15) is 5.10 Å². The van der Waals surface area contributed by atoms with Gasteiger partial charge in [0.25, 0.3) is 0 Å². The molecule has 1 N–H and O–H groups in total. The highest BCUT2D eigenvalue weighted by Gasteiger charge is 2.09. The zero-order chi connectivity index (χ0) is 22.8. The largest absolute Gasteiger partial charge is 0.497 e.